The summed E-state index contributed by atoms with van der Waals surface area (Å²) >= 11 is 0. The second-order valence-corrected chi connectivity index (χ2v) is 5.00. The Labute approximate surface area is 111 Å². The van der Waals surface area contributed by atoms with Gasteiger partial charge < -0.3 is 5.11 Å². The summed E-state index contributed by atoms with van der Waals surface area (Å²) in [6.07, 6.45) is 12.8. The molecule has 1 aromatic heterocycles. The predicted octanol–water partition coefficient (Wildman–Crippen LogP) is 4.43. The van der Waals surface area contributed by atoms with Gasteiger partial charge in [0.05, 0.1) is 6.10 Å². The average Bonchev–Trinajstić information content (AvgIpc) is 2.42. The first-order valence-electron chi connectivity index (χ1n) is 7.40. The van der Waals surface area contributed by atoms with E-state index in [1.54, 1.807) is 6.20 Å². The third-order valence-corrected chi connectivity index (χ3v) is 3.51. The Morgan fingerprint density at radius 3 is 2.56 bits per heavy atom. The second-order valence-electron chi connectivity index (χ2n) is 5.00. The van der Waals surface area contributed by atoms with Crippen molar-refractivity contribution in [2.24, 2.45) is 0 Å². The molecule has 0 aliphatic heterocycles. The maximum Gasteiger partial charge on any atom is 0.0793 e. The molecular weight excluding hydrogens is 222 g/mol. The van der Waals surface area contributed by atoms with Gasteiger partial charge in [-0.15, -0.1) is 0 Å². The van der Waals surface area contributed by atoms with Crippen LogP contribution >= 0.6 is 0 Å². The minimum atomic E-state index is -0.311. The van der Waals surface area contributed by atoms with Gasteiger partial charge in [-0.2, -0.15) is 0 Å². The summed E-state index contributed by atoms with van der Waals surface area (Å²) in [6, 6.07) is 1.96. The normalized spacial score (nSPS) is 12.6. The van der Waals surface area contributed by atoms with Crippen molar-refractivity contribution < 1.29 is 5.11 Å². The predicted molar refractivity (Wildman–Crippen MR) is 76.6 cm³/mol. The topological polar surface area (TPSA) is 33.1 Å². The van der Waals surface area contributed by atoms with Crippen LogP contribution in [0.25, 0.3) is 0 Å². The van der Waals surface area contributed by atoms with Gasteiger partial charge in [0.25, 0.3) is 0 Å². The second kappa shape index (κ2) is 9.09. The molecule has 1 rings (SSSR count). The zero-order valence-corrected chi connectivity index (χ0v) is 11.9. The number of hydrogen-bond donors (Lipinski definition) is 1. The molecule has 0 saturated heterocycles. The van der Waals surface area contributed by atoms with Gasteiger partial charge >= 0.3 is 0 Å². The van der Waals surface area contributed by atoms with Gasteiger partial charge in [0.2, 0.25) is 0 Å². The summed E-state index contributed by atoms with van der Waals surface area (Å²) in [4.78, 5) is 4.12. The number of aliphatic hydroxyl groups excluding tert-OH is 1. The van der Waals surface area contributed by atoms with Crippen LogP contribution in [0, 0.1) is 0 Å². The maximum atomic E-state index is 10.2. The van der Waals surface area contributed by atoms with Crippen molar-refractivity contribution in [3.05, 3.63) is 29.6 Å². The molecule has 18 heavy (non-hydrogen) atoms. The molecule has 102 valence electrons. The van der Waals surface area contributed by atoms with Crippen LogP contribution in [-0.2, 0) is 6.42 Å². The minimum Gasteiger partial charge on any atom is -0.388 e. The first kappa shape index (κ1) is 15.2. The molecule has 1 atom stereocenters. The SMILES string of the molecule is CCCCCCCCC(O)c1ccncc1CC. The van der Waals surface area contributed by atoms with Crippen molar-refractivity contribution in [1.82, 2.24) is 4.98 Å². The van der Waals surface area contributed by atoms with Gasteiger partial charge in [-0.25, -0.2) is 0 Å². The van der Waals surface area contributed by atoms with E-state index in [-0.39, 0.29) is 6.10 Å². The zero-order chi connectivity index (χ0) is 13.2. The first-order valence-corrected chi connectivity index (χ1v) is 7.40. The van der Waals surface area contributed by atoms with Gasteiger partial charge in [0.1, 0.15) is 0 Å². The highest BCUT2D eigenvalue weighted by Crippen LogP contribution is 2.23. The molecule has 0 aliphatic carbocycles. The Balaban J connectivity index is 2.29. The summed E-state index contributed by atoms with van der Waals surface area (Å²) < 4.78 is 0. The molecule has 0 radical (unpaired) electrons. The fraction of sp³-hybridized carbons (Fsp3) is 0.688. The molecule has 0 amide bonds. The summed E-state index contributed by atoms with van der Waals surface area (Å²) in [5, 5.41) is 10.2. The largest absolute Gasteiger partial charge is 0.388 e. The highest BCUT2D eigenvalue weighted by atomic mass is 16.3. The van der Waals surface area contributed by atoms with Crippen molar-refractivity contribution in [3.8, 4) is 0 Å². The molecule has 0 fully saturated rings. The van der Waals surface area contributed by atoms with Gasteiger partial charge in [-0.3, -0.25) is 4.98 Å². The van der Waals surface area contributed by atoms with E-state index in [4.69, 9.17) is 0 Å². The number of nitrogens with zero attached hydrogens (tertiary/aromatic N) is 1. The fourth-order valence-corrected chi connectivity index (χ4v) is 2.33. The number of unbranched alkanes of at least 4 members (excludes halogenated alkanes) is 5. The van der Waals surface area contributed by atoms with E-state index >= 15 is 0 Å². The molecule has 1 heterocycles. The summed E-state index contributed by atoms with van der Waals surface area (Å²) in [5.74, 6) is 0. The van der Waals surface area contributed by atoms with Crippen LogP contribution in [0.1, 0.15) is 76.0 Å². The van der Waals surface area contributed by atoms with Crippen molar-refractivity contribution in [1.29, 1.82) is 0 Å². The molecular formula is C16H27NO. The average molecular weight is 249 g/mol. The number of aryl methyl sites for hydroxylation is 1. The monoisotopic (exact) mass is 249 g/mol. The van der Waals surface area contributed by atoms with E-state index in [0.717, 1.165) is 24.8 Å². The number of pyridine rings is 1. The summed E-state index contributed by atoms with van der Waals surface area (Å²) in [5.41, 5.74) is 2.25. The van der Waals surface area contributed by atoms with Crippen LogP contribution in [0.2, 0.25) is 0 Å². The van der Waals surface area contributed by atoms with Gasteiger partial charge in [0.15, 0.2) is 0 Å². The molecule has 0 aromatic carbocycles. The van der Waals surface area contributed by atoms with Crippen LogP contribution < -0.4 is 0 Å². The number of aromatic nitrogens is 1. The molecule has 0 saturated carbocycles. The highest BCUT2D eigenvalue weighted by molar-refractivity contribution is 5.25. The van der Waals surface area contributed by atoms with E-state index in [1.165, 1.54) is 37.7 Å². The number of hydrogen-bond acceptors (Lipinski definition) is 2. The van der Waals surface area contributed by atoms with Gasteiger partial charge in [0, 0.05) is 12.4 Å². The molecule has 0 bridgehead atoms. The lowest BCUT2D eigenvalue weighted by Crippen LogP contribution is -2.02. The van der Waals surface area contributed by atoms with Crippen LogP contribution in [0.4, 0.5) is 0 Å². The first-order chi connectivity index (χ1) is 8.79. The molecule has 1 N–H and O–H groups in total. The van der Waals surface area contributed by atoms with E-state index in [0.29, 0.717) is 0 Å². The molecule has 0 spiro atoms. The lowest BCUT2D eigenvalue weighted by Gasteiger charge is -2.14. The van der Waals surface area contributed by atoms with Crippen LogP contribution in [0.5, 0.6) is 0 Å². The number of rotatable bonds is 9. The highest BCUT2D eigenvalue weighted by Gasteiger charge is 2.10. The van der Waals surface area contributed by atoms with Gasteiger partial charge in [-0.1, -0.05) is 52.4 Å². The Morgan fingerprint density at radius 1 is 1.11 bits per heavy atom. The smallest absolute Gasteiger partial charge is 0.0793 e. The van der Waals surface area contributed by atoms with Crippen molar-refractivity contribution in [2.75, 3.05) is 0 Å². The molecule has 2 heteroatoms. The minimum absolute atomic E-state index is 0.311. The zero-order valence-electron chi connectivity index (χ0n) is 11.9. The Morgan fingerprint density at radius 2 is 1.83 bits per heavy atom. The number of aliphatic hydroxyl groups is 1. The lowest BCUT2D eigenvalue weighted by atomic mass is 9.98. The van der Waals surface area contributed by atoms with Crippen molar-refractivity contribution in [2.45, 2.75) is 71.3 Å². The summed E-state index contributed by atoms with van der Waals surface area (Å²) in [7, 11) is 0. The third-order valence-electron chi connectivity index (χ3n) is 3.51. The maximum absolute atomic E-state index is 10.2. The third kappa shape index (κ3) is 5.18. The van der Waals surface area contributed by atoms with Crippen molar-refractivity contribution >= 4 is 0 Å². The molecule has 0 aliphatic rings. The van der Waals surface area contributed by atoms with Crippen LogP contribution in [-0.4, -0.2) is 10.1 Å². The Bertz CT molecular complexity index is 325. The fourth-order valence-electron chi connectivity index (χ4n) is 2.33. The lowest BCUT2D eigenvalue weighted by molar-refractivity contribution is 0.162. The molecule has 1 aromatic rings. The van der Waals surface area contributed by atoms with Crippen LogP contribution in [0.3, 0.4) is 0 Å². The molecule has 2 nitrogen and oxygen atoms in total. The Kier molecular flexibility index (Phi) is 7.66. The summed E-state index contributed by atoms with van der Waals surface area (Å²) in [6.45, 7) is 4.34. The van der Waals surface area contributed by atoms with Crippen molar-refractivity contribution in [3.63, 3.8) is 0 Å². The van der Waals surface area contributed by atoms with E-state index in [2.05, 4.69) is 18.8 Å². The van der Waals surface area contributed by atoms with E-state index in [9.17, 15) is 5.11 Å². The van der Waals surface area contributed by atoms with Crippen LogP contribution in [0.15, 0.2) is 18.5 Å². The Hall–Kier alpha value is -0.890. The quantitative estimate of drug-likeness (QED) is 0.657. The standard InChI is InChI=1S/C16H27NO/c1-3-5-6-7-8-9-10-16(18)15-11-12-17-13-14(15)4-2/h11-13,16,18H,3-10H2,1-2H3. The van der Waals surface area contributed by atoms with E-state index < -0.39 is 0 Å². The molecule has 1 unspecified atom stereocenters. The van der Waals surface area contributed by atoms with Gasteiger partial charge in [-0.05, 0) is 30.0 Å². The van der Waals surface area contributed by atoms with E-state index in [1.807, 2.05) is 12.3 Å².